The fraction of sp³-hybridized carbons (Fsp3) is 0.857. The van der Waals surface area contributed by atoms with Crippen LogP contribution in [-0.4, -0.2) is 63.8 Å². The molecule has 0 radical (unpaired) electrons. The highest BCUT2D eigenvalue weighted by Gasteiger charge is 2.32. The second-order valence-corrected chi connectivity index (χ2v) is 5.80. The molecule has 1 aliphatic heterocycles. The number of amides is 2. The maximum atomic E-state index is 12.5. The first-order chi connectivity index (χ1) is 9.32. The lowest BCUT2D eigenvalue weighted by Crippen LogP contribution is -2.46. The van der Waals surface area contributed by atoms with E-state index in [1.54, 1.807) is 16.7 Å². The Morgan fingerprint density at radius 1 is 1.35 bits per heavy atom. The standard InChI is InChI=1S/C14H26N2O4/c1-10(2)16(7-4-5-13(18)19)14(20)15-8-6-12(9-15)11(3)17/h10-12,17H,4-9H2,1-3H3,(H,18,19). The van der Waals surface area contributed by atoms with Gasteiger partial charge in [0.1, 0.15) is 0 Å². The topological polar surface area (TPSA) is 81.1 Å². The highest BCUT2D eigenvalue weighted by atomic mass is 16.4. The average Bonchev–Trinajstić information content (AvgIpc) is 2.82. The molecule has 1 rings (SSSR count). The van der Waals surface area contributed by atoms with Crippen molar-refractivity contribution in [1.29, 1.82) is 0 Å². The molecule has 2 unspecified atom stereocenters. The summed E-state index contributed by atoms with van der Waals surface area (Å²) in [4.78, 5) is 26.5. The third-order valence-electron chi connectivity index (χ3n) is 3.84. The summed E-state index contributed by atoms with van der Waals surface area (Å²) in [6, 6.07) is -0.00423. The van der Waals surface area contributed by atoms with Crippen LogP contribution in [0.5, 0.6) is 0 Å². The van der Waals surface area contributed by atoms with Crippen molar-refractivity contribution in [1.82, 2.24) is 9.80 Å². The fourth-order valence-electron chi connectivity index (χ4n) is 2.51. The number of urea groups is 1. The number of aliphatic carboxylic acids is 1. The molecule has 2 atom stereocenters. The van der Waals surface area contributed by atoms with Crippen LogP contribution >= 0.6 is 0 Å². The summed E-state index contributed by atoms with van der Waals surface area (Å²) in [6.07, 6.45) is 0.969. The van der Waals surface area contributed by atoms with Gasteiger partial charge >= 0.3 is 12.0 Å². The van der Waals surface area contributed by atoms with Gasteiger partial charge in [-0.2, -0.15) is 0 Å². The molecule has 0 saturated carbocycles. The molecule has 0 bridgehead atoms. The summed E-state index contributed by atoms with van der Waals surface area (Å²) < 4.78 is 0. The van der Waals surface area contributed by atoms with Crippen LogP contribution in [0, 0.1) is 5.92 Å². The predicted octanol–water partition coefficient (Wildman–Crippen LogP) is 1.38. The number of rotatable bonds is 6. The van der Waals surface area contributed by atoms with Crippen molar-refractivity contribution >= 4 is 12.0 Å². The molecular formula is C14H26N2O4. The Bertz CT molecular complexity index is 344. The van der Waals surface area contributed by atoms with Crippen LogP contribution in [-0.2, 0) is 4.79 Å². The van der Waals surface area contributed by atoms with Gasteiger partial charge in [0, 0.05) is 38.0 Å². The van der Waals surface area contributed by atoms with Crippen LogP contribution in [0.2, 0.25) is 0 Å². The SMILES string of the molecule is CC(O)C1CCN(C(=O)N(CCCC(=O)O)C(C)C)C1. The molecule has 0 aromatic rings. The zero-order valence-corrected chi connectivity index (χ0v) is 12.6. The number of hydrogen-bond acceptors (Lipinski definition) is 3. The van der Waals surface area contributed by atoms with E-state index in [-0.39, 0.29) is 24.4 Å². The number of aliphatic hydroxyl groups is 1. The third-order valence-corrected chi connectivity index (χ3v) is 3.84. The van der Waals surface area contributed by atoms with Gasteiger partial charge in [-0.15, -0.1) is 0 Å². The van der Waals surface area contributed by atoms with Crippen LogP contribution in [0.1, 0.15) is 40.0 Å². The Balaban J connectivity index is 2.54. The lowest BCUT2D eigenvalue weighted by atomic mass is 10.0. The Morgan fingerprint density at radius 2 is 2.00 bits per heavy atom. The molecule has 20 heavy (non-hydrogen) atoms. The van der Waals surface area contributed by atoms with Crippen molar-refractivity contribution in [3.8, 4) is 0 Å². The van der Waals surface area contributed by atoms with E-state index in [1.165, 1.54) is 0 Å². The Hall–Kier alpha value is -1.30. The van der Waals surface area contributed by atoms with E-state index < -0.39 is 12.1 Å². The zero-order chi connectivity index (χ0) is 15.3. The summed E-state index contributed by atoms with van der Waals surface area (Å²) in [7, 11) is 0. The van der Waals surface area contributed by atoms with Crippen LogP contribution in [0.4, 0.5) is 4.79 Å². The highest BCUT2D eigenvalue weighted by Crippen LogP contribution is 2.21. The number of carboxylic acids is 1. The van der Waals surface area contributed by atoms with Gasteiger partial charge in [-0.25, -0.2) is 4.79 Å². The number of carbonyl (C=O) groups is 2. The summed E-state index contributed by atoms with van der Waals surface area (Å²) >= 11 is 0. The molecule has 1 heterocycles. The fourth-order valence-corrected chi connectivity index (χ4v) is 2.51. The number of likely N-dealkylation sites (tertiary alicyclic amines) is 1. The Kier molecular flexibility index (Phi) is 6.26. The molecule has 1 fully saturated rings. The van der Waals surface area contributed by atoms with Crippen LogP contribution < -0.4 is 0 Å². The second kappa shape index (κ2) is 7.47. The average molecular weight is 286 g/mol. The number of carbonyl (C=O) groups excluding carboxylic acids is 1. The number of carboxylic acid groups (broad SMARTS) is 1. The lowest BCUT2D eigenvalue weighted by molar-refractivity contribution is -0.137. The maximum absolute atomic E-state index is 12.5. The molecule has 6 nitrogen and oxygen atoms in total. The normalized spacial score (nSPS) is 20.2. The summed E-state index contributed by atoms with van der Waals surface area (Å²) in [5.41, 5.74) is 0. The van der Waals surface area contributed by atoms with Crippen molar-refractivity contribution in [2.24, 2.45) is 5.92 Å². The minimum absolute atomic E-state index is 0.0434. The molecule has 116 valence electrons. The molecule has 2 N–H and O–H groups in total. The molecule has 0 spiro atoms. The molecule has 0 aliphatic carbocycles. The van der Waals surface area contributed by atoms with E-state index in [4.69, 9.17) is 5.11 Å². The van der Waals surface area contributed by atoms with Gasteiger partial charge in [0.25, 0.3) is 0 Å². The van der Waals surface area contributed by atoms with Gasteiger partial charge in [0.2, 0.25) is 0 Å². The molecule has 2 amide bonds. The van der Waals surface area contributed by atoms with Gasteiger partial charge in [0.15, 0.2) is 0 Å². The van der Waals surface area contributed by atoms with Crippen molar-refractivity contribution in [3.63, 3.8) is 0 Å². The highest BCUT2D eigenvalue weighted by molar-refractivity contribution is 5.75. The van der Waals surface area contributed by atoms with Gasteiger partial charge in [-0.1, -0.05) is 0 Å². The Morgan fingerprint density at radius 3 is 2.45 bits per heavy atom. The minimum Gasteiger partial charge on any atom is -0.481 e. The van der Waals surface area contributed by atoms with Gasteiger partial charge < -0.3 is 20.0 Å². The monoisotopic (exact) mass is 286 g/mol. The maximum Gasteiger partial charge on any atom is 0.320 e. The second-order valence-electron chi connectivity index (χ2n) is 5.80. The number of nitrogens with zero attached hydrogens (tertiary/aromatic N) is 2. The third kappa shape index (κ3) is 4.67. The van der Waals surface area contributed by atoms with Gasteiger partial charge in [0.05, 0.1) is 6.10 Å². The first-order valence-corrected chi connectivity index (χ1v) is 7.28. The quantitative estimate of drug-likeness (QED) is 0.773. The molecular weight excluding hydrogens is 260 g/mol. The Labute approximate surface area is 120 Å². The van der Waals surface area contributed by atoms with Crippen molar-refractivity contribution in [2.75, 3.05) is 19.6 Å². The van der Waals surface area contributed by atoms with Crippen LogP contribution in [0.15, 0.2) is 0 Å². The molecule has 0 aromatic heterocycles. The van der Waals surface area contributed by atoms with E-state index >= 15 is 0 Å². The van der Waals surface area contributed by atoms with Crippen LogP contribution in [0.3, 0.4) is 0 Å². The lowest BCUT2D eigenvalue weighted by Gasteiger charge is -2.31. The van der Waals surface area contributed by atoms with Gasteiger partial charge in [-0.05, 0) is 33.6 Å². The predicted molar refractivity (Wildman–Crippen MR) is 75.5 cm³/mol. The summed E-state index contributed by atoms with van der Waals surface area (Å²) in [5.74, 6) is -0.691. The van der Waals surface area contributed by atoms with Crippen molar-refractivity contribution < 1.29 is 19.8 Å². The largest absolute Gasteiger partial charge is 0.481 e. The zero-order valence-electron chi connectivity index (χ0n) is 12.6. The van der Waals surface area contributed by atoms with Crippen molar-refractivity contribution in [3.05, 3.63) is 0 Å². The molecule has 1 aliphatic rings. The smallest absolute Gasteiger partial charge is 0.320 e. The van der Waals surface area contributed by atoms with Gasteiger partial charge in [-0.3, -0.25) is 4.79 Å². The minimum atomic E-state index is -0.837. The summed E-state index contributed by atoms with van der Waals surface area (Å²) in [5, 5.41) is 18.3. The van der Waals surface area contributed by atoms with Crippen LogP contribution in [0.25, 0.3) is 0 Å². The van der Waals surface area contributed by atoms with E-state index in [0.29, 0.717) is 26.1 Å². The number of aliphatic hydroxyl groups excluding tert-OH is 1. The van der Waals surface area contributed by atoms with E-state index in [1.807, 2.05) is 13.8 Å². The van der Waals surface area contributed by atoms with E-state index in [0.717, 1.165) is 6.42 Å². The molecule has 1 saturated heterocycles. The van der Waals surface area contributed by atoms with Crippen molar-refractivity contribution in [2.45, 2.75) is 52.2 Å². The molecule has 6 heteroatoms. The first kappa shape index (κ1) is 16.8. The van der Waals surface area contributed by atoms with E-state index in [9.17, 15) is 14.7 Å². The summed E-state index contributed by atoms with van der Waals surface area (Å²) in [6.45, 7) is 7.32. The molecule has 0 aromatic carbocycles. The van der Waals surface area contributed by atoms with E-state index in [2.05, 4.69) is 0 Å². The number of hydrogen-bond donors (Lipinski definition) is 2. The first-order valence-electron chi connectivity index (χ1n) is 7.28.